The first-order valence-electron chi connectivity index (χ1n) is 4.37. The fourth-order valence-electron chi connectivity index (χ4n) is 1.41. The molecule has 2 aromatic heterocycles. The van der Waals surface area contributed by atoms with Crippen molar-refractivity contribution in [2.75, 3.05) is 0 Å². The van der Waals surface area contributed by atoms with Gasteiger partial charge in [-0.3, -0.25) is 4.98 Å². The molecule has 0 aromatic carbocycles. The van der Waals surface area contributed by atoms with E-state index >= 15 is 0 Å². The van der Waals surface area contributed by atoms with Crippen molar-refractivity contribution >= 4 is 5.52 Å². The molecule has 0 radical (unpaired) electrons. The van der Waals surface area contributed by atoms with E-state index in [1.807, 2.05) is 23.1 Å². The minimum atomic E-state index is 0.130. The minimum Gasteiger partial charge on any atom is -0.261 e. The average molecular weight is 175 g/mol. The van der Waals surface area contributed by atoms with Gasteiger partial charge in [-0.1, -0.05) is 20.8 Å². The first kappa shape index (κ1) is 8.23. The van der Waals surface area contributed by atoms with E-state index in [2.05, 4.69) is 30.9 Å². The highest BCUT2D eigenvalue weighted by Crippen LogP contribution is 2.25. The summed E-state index contributed by atoms with van der Waals surface area (Å²) in [4.78, 5) is 4.10. The monoisotopic (exact) mass is 175 g/mol. The number of fused-ring (bicyclic) bond motifs is 1. The van der Waals surface area contributed by atoms with Crippen LogP contribution in [-0.4, -0.2) is 14.6 Å². The molecule has 0 N–H and O–H groups in total. The molecule has 2 heterocycles. The van der Waals surface area contributed by atoms with Crippen molar-refractivity contribution in [3.05, 3.63) is 30.4 Å². The van der Waals surface area contributed by atoms with Crippen molar-refractivity contribution in [2.45, 2.75) is 26.2 Å². The van der Waals surface area contributed by atoms with Gasteiger partial charge < -0.3 is 0 Å². The molecule has 0 aliphatic rings. The number of hydrogen-bond donors (Lipinski definition) is 0. The molecular weight excluding hydrogens is 162 g/mol. The molecule has 0 amide bonds. The second kappa shape index (κ2) is 2.55. The lowest BCUT2D eigenvalue weighted by Crippen LogP contribution is -2.10. The van der Waals surface area contributed by atoms with Crippen molar-refractivity contribution in [1.82, 2.24) is 14.6 Å². The van der Waals surface area contributed by atoms with Gasteiger partial charge >= 0.3 is 0 Å². The Hall–Kier alpha value is -1.38. The Balaban J connectivity index is 2.72. The van der Waals surface area contributed by atoms with Gasteiger partial charge in [0.05, 0.1) is 17.9 Å². The molecule has 0 aliphatic carbocycles. The predicted octanol–water partition coefficient (Wildman–Crippen LogP) is 2.03. The van der Waals surface area contributed by atoms with Gasteiger partial charge in [-0.05, 0) is 5.41 Å². The van der Waals surface area contributed by atoms with Gasteiger partial charge in [-0.15, -0.1) is 0 Å². The molecule has 3 heteroatoms. The Morgan fingerprint density at radius 1 is 1.23 bits per heavy atom. The number of nitrogens with zero attached hydrogens (tertiary/aromatic N) is 3. The summed E-state index contributed by atoms with van der Waals surface area (Å²) in [6.07, 6.45) is 7.38. The van der Waals surface area contributed by atoms with E-state index in [-0.39, 0.29) is 5.41 Å². The maximum Gasteiger partial charge on any atom is 0.0882 e. The zero-order chi connectivity index (χ0) is 9.47. The summed E-state index contributed by atoms with van der Waals surface area (Å²) in [5.74, 6) is 0. The molecule has 0 fully saturated rings. The Kier molecular flexibility index (Phi) is 1.62. The van der Waals surface area contributed by atoms with Crippen LogP contribution in [0.1, 0.15) is 26.3 Å². The summed E-state index contributed by atoms with van der Waals surface area (Å²) in [6.45, 7) is 6.53. The van der Waals surface area contributed by atoms with E-state index in [0.29, 0.717) is 0 Å². The van der Waals surface area contributed by atoms with Crippen molar-refractivity contribution in [3.8, 4) is 0 Å². The predicted molar refractivity (Wildman–Crippen MR) is 51.7 cm³/mol. The average Bonchev–Trinajstić information content (AvgIpc) is 2.45. The van der Waals surface area contributed by atoms with E-state index < -0.39 is 0 Å². The molecule has 0 atom stereocenters. The molecule has 0 aliphatic heterocycles. The fraction of sp³-hybridized carbons (Fsp3) is 0.400. The smallest absolute Gasteiger partial charge is 0.0882 e. The van der Waals surface area contributed by atoms with Crippen molar-refractivity contribution < 1.29 is 0 Å². The van der Waals surface area contributed by atoms with Gasteiger partial charge in [0, 0.05) is 18.0 Å². The minimum absolute atomic E-state index is 0.130. The first-order chi connectivity index (χ1) is 6.09. The molecule has 0 unspecified atom stereocenters. The highest BCUT2D eigenvalue weighted by atomic mass is 15.2. The number of aromatic nitrogens is 3. The van der Waals surface area contributed by atoms with Gasteiger partial charge in [0.25, 0.3) is 0 Å². The number of rotatable bonds is 0. The van der Waals surface area contributed by atoms with Crippen molar-refractivity contribution in [3.63, 3.8) is 0 Å². The third kappa shape index (κ3) is 1.30. The van der Waals surface area contributed by atoms with Crippen LogP contribution in [0, 0.1) is 0 Å². The molecule has 3 nitrogen and oxygen atoms in total. The zero-order valence-corrected chi connectivity index (χ0v) is 8.15. The van der Waals surface area contributed by atoms with Gasteiger partial charge in [-0.25, -0.2) is 4.52 Å². The van der Waals surface area contributed by atoms with Crippen LogP contribution in [0.4, 0.5) is 0 Å². The lowest BCUT2D eigenvalue weighted by Gasteiger charge is -2.16. The van der Waals surface area contributed by atoms with Gasteiger partial charge in [0.2, 0.25) is 0 Å². The third-order valence-electron chi connectivity index (χ3n) is 2.13. The van der Waals surface area contributed by atoms with E-state index in [0.717, 1.165) is 5.52 Å². The summed E-state index contributed by atoms with van der Waals surface area (Å²) in [6, 6.07) is 0. The molecular formula is C10H13N3. The second-order valence-corrected chi connectivity index (χ2v) is 4.21. The lowest BCUT2D eigenvalue weighted by atomic mass is 9.88. The molecule has 0 bridgehead atoms. The molecule has 0 saturated heterocycles. The molecule has 13 heavy (non-hydrogen) atoms. The van der Waals surface area contributed by atoms with Crippen molar-refractivity contribution in [1.29, 1.82) is 0 Å². The Morgan fingerprint density at radius 3 is 2.69 bits per heavy atom. The fourth-order valence-corrected chi connectivity index (χ4v) is 1.41. The quantitative estimate of drug-likeness (QED) is 0.613. The SMILES string of the molecule is CC(C)(C)c1cnn2ccncc12. The molecule has 0 spiro atoms. The first-order valence-corrected chi connectivity index (χ1v) is 4.37. The molecule has 2 aromatic rings. The van der Waals surface area contributed by atoms with Crippen LogP contribution >= 0.6 is 0 Å². The van der Waals surface area contributed by atoms with Crippen LogP contribution in [0.3, 0.4) is 0 Å². The molecule has 0 saturated carbocycles. The summed E-state index contributed by atoms with van der Waals surface area (Å²) in [7, 11) is 0. The number of hydrogen-bond acceptors (Lipinski definition) is 2. The van der Waals surface area contributed by atoms with Crippen LogP contribution in [-0.2, 0) is 5.41 Å². The topological polar surface area (TPSA) is 30.2 Å². The Labute approximate surface area is 77.4 Å². The Morgan fingerprint density at radius 2 is 2.00 bits per heavy atom. The standard InChI is InChI=1S/C10H13N3/c1-10(2,3)8-6-12-13-5-4-11-7-9(8)13/h4-7H,1-3H3. The molecule has 2 rings (SSSR count). The van der Waals surface area contributed by atoms with E-state index in [1.165, 1.54) is 5.56 Å². The third-order valence-corrected chi connectivity index (χ3v) is 2.13. The molecule has 68 valence electrons. The lowest BCUT2D eigenvalue weighted by molar-refractivity contribution is 0.595. The van der Waals surface area contributed by atoms with Gasteiger partial charge in [0.15, 0.2) is 0 Å². The van der Waals surface area contributed by atoms with Gasteiger partial charge in [0.1, 0.15) is 0 Å². The summed E-state index contributed by atoms with van der Waals surface area (Å²) in [5.41, 5.74) is 2.46. The maximum absolute atomic E-state index is 4.26. The maximum atomic E-state index is 4.26. The highest BCUT2D eigenvalue weighted by Gasteiger charge is 2.18. The van der Waals surface area contributed by atoms with Crippen LogP contribution in [0.5, 0.6) is 0 Å². The van der Waals surface area contributed by atoms with Crippen LogP contribution in [0.15, 0.2) is 24.8 Å². The second-order valence-electron chi connectivity index (χ2n) is 4.21. The van der Waals surface area contributed by atoms with E-state index in [1.54, 1.807) is 6.20 Å². The van der Waals surface area contributed by atoms with E-state index in [4.69, 9.17) is 0 Å². The van der Waals surface area contributed by atoms with E-state index in [9.17, 15) is 0 Å². The highest BCUT2D eigenvalue weighted by molar-refractivity contribution is 5.54. The van der Waals surface area contributed by atoms with Crippen molar-refractivity contribution in [2.24, 2.45) is 0 Å². The summed E-state index contributed by atoms with van der Waals surface area (Å²) < 4.78 is 1.85. The Bertz CT molecular complexity index is 423. The van der Waals surface area contributed by atoms with Crippen LogP contribution < -0.4 is 0 Å². The zero-order valence-electron chi connectivity index (χ0n) is 8.15. The normalized spacial score (nSPS) is 12.2. The van der Waals surface area contributed by atoms with Crippen LogP contribution in [0.2, 0.25) is 0 Å². The van der Waals surface area contributed by atoms with Gasteiger partial charge in [-0.2, -0.15) is 5.10 Å². The van der Waals surface area contributed by atoms with Crippen LogP contribution in [0.25, 0.3) is 5.52 Å². The summed E-state index contributed by atoms with van der Waals surface area (Å²) in [5, 5.41) is 4.26. The largest absolute Gasteiger partial charge is 0.261 e. The summed E-state index contributed by atoms with van der Waals surface area (Å²) >= 11 is 0.